The van der Waals surface area contributed by atoms with E-state index in [4.69, 9.17) is 10.2 Å². The van der Waals surface area contributed by atoms with Crippen LogP contribution in [0.3, 0.4) is 0 Å². The number of benzene rings is 1. The molecule has 0 spiro atoms. The van der Waals surface area contributed by atoms with Crippen molar-refractivity contribution in [1.82, 2.24) is 5.32 Å². The van der Waals surface area contributed by atoms with E-state index >= 15 is 0 Å². The van der Waals surface area contributed by atoms with E-state index in [0.29, 0.717) is 5.56 Å². The summed E-state index contributed by atoms with van der Waals surface area (Å²) in [5, 5.41) is 20.6. The molecule has 0 aliphatic rings. The van der Waals surface area contributed by atoms with Crippen LogP contribution in [0.1, 0.15) is 50.4 Å². The van der Waals surface area contributed by atoms with Crippen LogP contribution in [0.2, 0.25) is 0 Å². The Kier molecular flexibility index (Phi) is 13.3. The van der Waals surface area contributed by atoms with Gasteiger partial charge in [-0.3, -0.25) is 0 Å². The van der Waals surface area contributed by atoms with Crippen molar-refractivity contribution in [2.24, 2.45) is 0 Å². The summed E-state index contributed by atoms with van der Waals surface area (Å²) in [6.07, 6.45) is 3.73. The lowest BCUT2D eigenvalue weighted by atomic mass is 10.1. The quantitative estimate of drug-likeness (QED) is 0.675. The van der Waals surface area contributed by atoms with Gasteiger partial charge in [0.2, 0.25) is 0 Å². The van der Waals surface area contributed by atoms with Crippen LogP contribution in [0, 0.1) is 0 Å². The molecule has 0 atom stereocenters. The van der Waals surface area contributed by atoms with Crippen LogP contribution in [0.4, 0.5) is 0 Å². The molecule has 3 N–H and O–H groups in total. The number of halogens is 1. The Bertz CT molecular complexity index is 369. The van der Waals surface area contributed by atoms with E-state index in [-0.39, 0.29) is 24.6 Å². The number of hydrogen-bond acceptors (Lipinski definition) is 3. The lowest BCUT2D eigenvalue weighted by Gasteiger charge is -2.23. The molecular formula is C16H28ClNO3. The number of unbranched alkanes of at least 4 members (excludes halogenated alkanes) is 2. The summed E-state index contributed by atoms with van der Waals surface area (Å²) in [6.45, 7) is 7.44. The highest BCUT2D eigenvalue weighted by molar-refractivity contribution is 5.87. The third-order valence-electron chi connectivity index (χ3n) is 2.80. The van der Waals surface area contributed by atoms with Gasteiger partial charge in [-0.15, -0.1) is 12.4 Å². The first-order valence-corrected chi connectivity index (χ1v) is 7.07. The zero-order valence-corrected chi connectivity index (χ0v) is 13.9. The van der Waals surface area contributed by atoms with Crippen LogP contribution >= 0.6 is 12.4 Å². The Balaban J connectivity index is 0. The van der Waals surface area contributed by atoms with Gasteiger partial charge >= 0.3 is 5.97 Å². The fraction of sp³-hybridized carbons (Fsp3) is 0.562. The predicted octanol–water partition coefficient (Wildman–Crippen LogP) is 3.34. The Hall–Kier alpha value is -1.10. The number of carboxylic acid groups (broad SMARTS) is 1. The molecule has 1 aromatic rings. The molecule has 1 rings (SSSR count). The molecule has 0 heterocycles. The normalized spacial score (nSPS) is 10.1. The zero-order valence-electron chi connectivity index (χ0n) is 13.1. The first kappa shape index (κ1) is 22.2. The van der Waals surface area contributed by atoms with Crippen molar-refractivity contribution >= 4 is 18.4 Å². The topological polar surface area (TPSA) is 69.6 Å². The molecule has 0 unspecified atom stereocenters. The minimum absolute atomic E-state index is 0. The average Bonchev–Trinajstić information content (AvgIpc) is 2.45. The molecular weight excluding hydrogens is 290 g/mol. The number of nitrogens with one attached hydrogen (secondary N) is 1. The van der Waals surface area contributed by atoms with Crippen molar-refractivity contribution in [2.45, 2.75) is 45.6 Å². The van der Waals surface area contributed by atoms with E-state index in [1.807, 2.05) is 13.8 Å². The third-order valence-corrected chi connectivity index (χ3v) is 2.80. The number of aliphatic hydroxyl groups excluding tert-OH is 1. The van der Waals surface area contributed by atoms with Crippen LogP contribution in [0.5, 0.6) is 0 Å². The Morgan fingerprint density at radius 1 is 1.19 bits per heavy atom. The van der Waals surface area contributed by atoms with Gasteiger partial charge in [0, 0.05) is 5.54 Å². The number of carboxylic acids is 1. The first-order valence-electron chi connectivity index (χ1n) is 7.07. The van der Waals surface area contributed by atoms with Crippen molar-refractivity contribution in [1.29, 1.82) is 0 Å². The average molecular weight is 318 g/mol. The van der Waals surface area contributed by atoms with Crippen molar-refractivity contribution in [2.75, 3.05) is 13.2 Å². The molecule has 122 valence electrons. The Labute approximate surface area is 134 Å². The van der Waals surface area contributed by atoms with Crippen molar-refractivity contribution < 1.29 is 15.0 Å². The van der Waals surface area contributed by atoms with Gasteiger partial charge in [0.1, 0.15) is 0 Å². The second kappa shape index (κ2) is 12.6. The number of carbonyl (C=O) groups is 1. The van der Waals surface area contributed by atoms with E-state index in [9.17, 15) is 4.79 Å². The largest absolute Gasteiger partial charge is 0.478 e. The fourth-order valence-electron chi connectivity index (χ4n) is 1.44. The maximum absolute atomic E-state index is 10.2. The number of rotatable bonds is 7. The Morgan fingerprint density at radius 2 is 1.76 bits per heavy atom. The van der Waals surface area contributed by atoms with Crippen molar-refractivity contribution in [3.8, 4) is 0 Å². The van der Waals surface area contributed by atoms with E-state index in [0.717, 1.165) is 6.54 Å². The molecule has 0 saturated carbocycles. The van der Waals surface area contributed by atoms with Crippen LogP contribution < -0.4 is 5.32 Å². The molecule has 0 aliphatic heterocycles. The fourth-order valence-corrected chi connectivity index (χ4v) is 1.44. The second-order valence-electron chi connectivity index (χ2n) is 5.35. The van der Waals surface area contributed by atoms with Gasteiger partial charge < -0.3 is 15.5 Å². The van der Waals surface area contributed by atoms with Crippen LogP contribution in [-0.4, -0.2) is 34.9 Å². The van der Waals surface area contributed by atoms with Gasteiger partial charge in [-0.05, 0) is 38.9 Å². The zero-order chi connectivity index (χ0) is 15.4. The van der Waals surface area contributed by atoms with Gasteiger partial charge in [0.05, 0.1) is 12.2 Å². The van der Waals surface area contributed by atoms with Gasteiger partial charge in [-0.25, -0.2) is 4.79 Å². The molecule has 4 nitrogen and oxygen atoms in total. The van der Waals surface area contributed by atoms with Crippen molar-refractivity contribution in [3.63, 3.8) is 0 Å². The molecule has 0 aromatic heterocycles. The number of aliphatic hydroxyl groups is 1. The molecule has 21 heavy (non-hydrogen) atoms. The summed E-state index contributed by atoms with van der Waals surface area (Å²) in [5.74, 6) is -0.879. The van der Waals surface area contributed by atoms with Crippen LogP contribution in [0.15, 0.2) is 30.3 Å². The third kappa shape index (κ3) is 12.4. The summed E-state index contributed by atoms with van der Waals surface area (Å²) in [5.41, 5.74) is 0.228. The van der Waals surface area contributed by atoms with E-state index < -0.39 is 5.97 Å². The van der Waals surface area contributed by atoms with Gasteiger partial charge in [-0.2, -0.15) is 0 Å². The number of aromatic carboxylic acids is 1. The molecule has 0 amide bonds. The monoisotopic (exact) mass is 317 g/mol. The van der Waals surface area contributed by atoms with Gasteiger partial charge in [0.25, 0.3) is 0 Å². The molecule has 5 heteroatoms. The molecule has 0 bridgehead atoms. The molecule has 1 aromatic carbocycles. The summed E-state index contributed by atoms with van der Waals surface area (Å²) in [6, 6.07) is 8.30. The van der Waals surface area contributed by atoms with E-state index in [2.05, 4.69) is 12.2 Å². The molecule has 0 radical (unpaired) electrons. The highest BCUT2D eigenvalue weighted by Gasteiger charge is 2.13. The maximum atomic E-state index is 10.2. The van der Waals surface area contributed by atoms with Gasteiger partial charge in [-0.1, -0.05) is 38.0 Å². The summed E-state index contributed by atoms with van der Waals surface area (Å²) in [7, 11) is 0. The standard InChI is InChI=1S/C9H21NO.C7H6O2.ClH/c1-4-5-6-7-10-9(2,3)8-11;8-7(9)6-4-2-1-3-5-6;/h10-11H,4-8H2,1-3H3;1-5H,(H,8,9);1H. The lowest BCUT2D eigenvalue weighted by Crippen LogP contribution is -2.43. The molecule has 0 fully saturated rings. The SMILES string of the molecule is CCCCCNC(C)(C)CO.Cl.O=C(O)c1ccccc1. The van der Waals surface area contributed by atoms with E-state index in [1.54, 1.807) is 30.3 Å². The smallest absolute Gasteiger partial charge is 0.335 e. The Morgan fingerprint density at radius 3 is 2.14 bits per heavy atom. The summed E-state index contributed by atoms with van der Waals surface area (Å²) in [4.78, 5) is 10.2. The van der Waals surface area contributed by atoms with Crippen LogP contribution in [-0.2, 0) is 0 Å². The molecule has 0 saturated heterocycles. The molecule has 0 aliphatic carbocycles. The lowest BCUT2D eigenvalue weighted by molar-refractivity contribution is 0.0697. The van der Waals surface area contributed by atoms with Crippen molar-refractivity contribution in [3.05, 3.63) is 35.9 Å². The van der Waals surface area contributed by atoms with E-state index in [1.165, 1.54) is 19.3 Å². The first-order chi connectivity index (χ1) is 9.43. The summed E-state index contributed by atoms with van der Waals surface area (Å²) < 4.78 is 0. The summed E-state index contributed by atoms with van der Waals surface area (Å²) >= 11 is 0. The van der Waals surface area contributed by atoms with Gasteiger partial charge in [0.15, 0.2) is 0 Å². The second-order valence-corrected chi connectivity index (χ2v) is 5.35. The maximum Gasteiger partial charge on any atom is 0.335 e. The predicted molar refractivity (Wildman–Crippen MR) is 89.3 cm³/mol. The van der Waals surface area contributed by atoms with Crippen LogP contribution in [0.25, 0.3) is 0 Å². The minimum Gasteiger partial charge on any atom is -0.478 e. The highest BCUT2D eigenvalue weighted by atomic mass is 35.5. The highest BCUT2D eigenvalue weighted by Crippen LogP contribution is 2.00. The minimum atomic E-state index is -0.879. The number of hydrogen-bond donors (Lipinski definition) is 3.